The van der Waals surface area contributed by atoms with Crippen LogP contribution in [0.15, 0.2) is 42.5 Å². The van der Waals surface area contributed by atoms with Gasteiger partial charge >= 0.3 is 0 Å². The van der Waals surface area contributed by atoms with E-state index in [1.54, 1.807) is 6.07 Å². The van der Waals surface area contributed by atoms with Crippen molar-refractivity contribution in [2.45, 2.75) is 70.6 Å². The molecule has 0 bridgehead atoms. The average Bonchev–Trinajstić information content (AvgIpc) is 2.68. The molecule has 1 fully saturated rings. The van der Waals surface area contributed by atoms with Crippen molar-refractivity contribution in [1.29, 1.82) is 0 Å². The maximum Gasteiger partial charge on any atom is 0.159 e. The third-order valence-corrected chi connectivity index (χ3v) is 5.95. The highest BCUT2D eigenvalue weighted by atomic mass is 19.2. The second-order valence-electron chi connectivity index (χ2n) is 7.82. The molecule has 1 saturated carbocycles. The summed E-state index contributed by atoms with van der Waals surface area (Å²) in [7, 11) is 0. The van der Waals surface area contributed by atoms with Crippen LogP contribution in [-0.4, -0.2) is 0 Å². The third-order valence-electron chi connectivity index (χ3n) is 5.95. The molecule has 1 aliphatic rings. The van der Waals surface area contributed by atoms with Gasteiger partial charge in [-0.05, 0) is 66.3 Å². The lowest BCUT2D eigenvalue weighted by Crippen LogP contribution is -2.13. The molecular weight excluding hydrogens is 326 g/mol. The van der Waals surface area contributed by atoms with Gasteiger partial charge in [0, 0.05) is 0 Å². The van der Waals surface area contributed by atoms with Crippen LogP contribution in [0.5, 0.6) is 0 Å². The zero-order valence-electron chi connectivity index (χ0n) is 15.8. The number of halogens is 2. The Morgan fingerprint density at radius 1 is 0.769 bits per heavy atom. The van der Waals surface area contributed by atoms with E-state index in [0.29, 0.717) is 5.92 Å². The summed E-state index contributed by atoms with van der Waals surface area (Å²) in [4.78, 5) is 0. The number of benzene rings is 2. The number of hydrogen-bond acceptors (Lipinski definition) is 0. The summed E-state index contributed by atoms with van der Waals surface area (Å²) in [5.41, 5.74) is 3.06. The van der Waals surface area contributed by atoms with Crippen LogP contribution in [0, 0.1) is 17.6 Å². The van der Waals surface area contributed by atoms with Crippen molar-refractivity contribution in [3.8, 4) is 11.1 Å². The SMILES string of the molecule is CCCCCCC1CCC(c2ccc(-c3ccc(F)c(F)c3)cc2)CC1. The minimum absolute atomic E-state index is 0.654. The van der Waals surface area contributed by atoms with Crippen molar-refractivity contribution < 1.29 is 8.78 Å². The lowest BCUT2D eigenvalue weighted by atomic mass is 9.77. The smallest absolute Gasteiger partial charge is 0.159 e. The van der Waals surface area contributed by atoms with Crippen molar-refractivity contribution in [3.63, 3.8) is 0 Å². The molecule has 0 saturated heterocycles. The molecule has 2 aromatic carbocycles. The molecule has 26 heavy (non-hydrogen) atoms. The molecule has 0 atom stereocenters. The van der Waals surface area contributed by atoms with E-state index in [4.69, 9.17) is 0 Å². The Bertz CT molecular complexity index is 682. The Morgan fingerprint density at radius 3 is 2.12 bits per heavy atom. The van der Waals surface area contributed by atoms with Gasteiger partial charge in [-0.25, -0.2) is 8.78 Å². The van der Waals surface area contributed by atoms with Gasteiger partial charge in [0.2, 0.25) is 0 Å². The van der Waals surface area contributed by atoms with E-state index < -0.39 is 11.6 Å². The Hall–Kier alpha value is -1.70. The second kappa shape index (κ2) is 9.30. The van der Waals surface area contributed by atoms with E-state index in [9.17, 15) is 8.78 Å². The second-order valence-corrected chi connectivity index (χ2v) is 7.82. The Kier molecular flexibility index (Phi) is 6.82. The van der Waals surface area contributed by atoms with Gasteiger partial charge in [-0.15, -0.1) is 0 Å². The fourth-order valence-corrected chi connectivity index (χ4v) is 4.27. The Balaban J connectivity index is 1.54. The van der Waals surface area contributed by atoms with Gasteiger partial charge in [0.1, 0.15) is 0 Å². The molecule has 140 valence electrons. The summed E-state index contributed by atoms with van der Waals surface area (Å²) in [5, 5.41) is 0. The molecule has 2 heteroatoms. The zero-order chi connectivity index (χ0) is 18.4. The first-order chi connectivity index (χ1) is 12.7. The molecule has 3 rings (SSSR count). The molecule has 0 radical (unpaired) electrons. The van der Waals surface area contributed by atoms with E-state index >= 15 is 0 Å². The highest BCUT2D eigenvalue weighted by molar-refractivity contribution is 5.63. The Labute approximate surface area is 156 Å². The van der Waals surface area contributed by atoms with Crippen LogP contribution in [0.2, 0.25) is 0 Å². The highest BCUT2D eigenvalue weighted by Crippen LogP contribution is 2.38. The Morgan fingerprint density at radius 2 is 1.46 bits per heavy atom. The van der Waals surface area contributed by atoms with Gasteiger partial charge in [0.05, 0.1) is 0 Å². The molecule has 2 aromatic rings. The van der Waals surface area contributed by atoms with Crippen LogP contribution in [0.25, 0.3) is 11.1 Å². The topological polar surface area (TPSA) is 0 Å². The lowest BCUT2D eigenvalue weighted by molar-refractivity contribution is 0.302. The molecule has 1 aliphatic carbocycles. The van der Waals surface area contributed by atoms with Crippen molar-refractivity contribution in [1.82, 2.24) is 0 Å². The van der Waals surface area contributed by atoms with Crippen LogP contribution < -0.4 is 0 Å². The minimum atomic E-state index is -0.795. The quantitative estimate of drug-likeness (QED) is 0.443. The molecule has 0 N–H and O–H groups in total. The van der Waals surface area contributed by atoms with Crippen molar-refractivity contribution >= 4 is 0 Å². The molecular formula is C24H30F2. The molecule has 0 spiro atoms. The fraction of sp³-hybridized carbons (Fsp3) is 0.500. The fourth-order valence-electron chi connectivity index (χ4n) is 4.27. The van der Waals surface area contributed by atoms with Crippen LogP contribution in [0.4, 0.5) is 8.78 Å². The average molecular weight is 357 g/mol. The molecule has 0 nitrogen and oxygen atoms in total. The monoisotopic (exact) mass is 356 g/mol. The van der Waals surface area contributed by atoms with E-state index in [0.717, 1.165) is 17.0 Å². The number of unbranched alkanes of at least 4 members (excludes halogenated alkanes) is 3. The van der Waals surface area contributed by atoms with Crippen LogP contribution in [-0.2, 0) is 0 Å². The maximum atomic E-state index is 13.4. The van der Waals surface area contributed by atoms with Crippen LogP contribution in [0.1, 0.15) is 76.2 Å². The molecule has 0 amide bonds. The van der Waals surface area contributed by atoms with E-state index in [2.05, 4.69) is 19.1 Å². The molecule has 0 heterocycles. The standard InChI is InChI=1S/C24H30F2/c1-2-3-4-5-6-18-7-9-19(10-8-18)20-11-13-21(14-12-20)22-15-16-23(25)24(26)17-22/h11-19H,2-10H2,1H3. The zero-order valence-corrected chi connectivity index (χ0v) is 15.8. The van der Waals surface area contributed by atoms with Gasteiger partial charge in [-0.1, -0.05) is 69.4 Å². The van der Waals surface area contributed by atoms with Crippen LogP contribution >= 0.6 is 0 Å². The first kappa shape index (κ1) is 19.1. The van der Waals surface area contributed by atoms with Crippen LogP contribution in [0.3, 0.4) is 0 Å². The molecule has 0 unspecified atom stereocenters. The summed E-state index contributed by atoms with van der Waals surface area (Å²) in [6.07, 6.45) is 12.1. The summed E-state index contributed by atoms with van der Waals surface area (Å²) in [6.45, 7) is 2.27. The minimum Gasteiger partial charge on any atom is -0.204 e. The van der Waals surface area contributed by atoms with Gasteiger partial charge in [0.15, 0.2) is 11.6 Å². The van der Waals surface area contributed by atoms with Crippen molar-refractivity contribution in [2.75, 3.05) is 0 Å². The lowest BCUT2D eigenvalue weighted by Gasteiger charge is -2.29. The predicted molar refractivity (Wildman–Crippen MR) is 105 cm³/mol. The maximum absolute atomic E-state index is 13.4. The molecule has 0 aromatic heterocycles. The summed E-state index contributed by atoms with van der Waals surface area (Å²) >= 11 is 0. The first-order valence-corrected chi connectivity index (χ1v) is 10.2. The summed E-state index contributed by atoms with van der Waals surface area (Å²) < 4.78 is 26.5. The number of hydrogen-bond donors (Lipinski definition) is 0. The van der Waals surface area contributed by atoms with E-state index in [-0.39, 0.29) is 0 Å². The van der Waals surface area contributed by atoms with E-state index in [1.165, 1.54) is 75.5 Å². The number of rotatable bonds is 7. The molecule has 0 aliphatic heterocycles. The van der Waals surface area contributed by atoms with Crippen molar-refractivity contribution in [2.24, 2.45) is 5.92 Å². The highest BCUT2D eigenvalue weighted by Gasteiger charge is 2.22. The summed E-state index contributed by atoms with van der Waals surface area (Å²) in [6, 6.07) is 12.5. The normalized spacial score (nSPS) is 20.3. The predicted octanol–water partition coefficient (Wildman–Crippen LogP) is 7.88. The summed E-state index contributed by atoms with van der Waals surface area (Å²) in [5.74, 6) is -0.00822. The van der Waals surface area contributed by atoms with Crippen molar-refractivity contribution in [3.05, 3.63) is 59.7 Å². The van der Waals surface area contributed by atoms with Gasteiger partial charge < -0.3 is 0 Å². The van der Waals surface area contributed by atoms with E-state index in [1.807, 2.05) is 12.1 Å². The van der Waals surface area contributed by atoms with Gasteiger partial charge in [-0.3, -0.25) is 0 Å². The largest absolute Gasteiger partial charge is 0.204 e. The van der Waals surface area contributed by atoms with Gasteiger partial charge in [-0.2, -0.15) is 0 Å². The van der Waals surface area contributed by atoms with Gasteiger partial charge in [0.25, 0.3) is 0 Å². The third kappa shape index (κ3) is 4.93. The first-order valence-electron chi connectivity index (χ1n) is 10.2.